The lowest BCUT2D eigenvalue weighted by atomic mass is 10.0. The molecule has 2 saturated heterocycles. The van der Waals surface area contributed by atoms with Crippen LogP contribution in [0.4, 0.5) is 4.79 Å². The van der Waals surface area contributed by atoms with E-state index in [2.05, 4.69) is 4.90 Å². The topological polar surface area (TPSA) is 64.1 Å². The van der Waals surface area contributed by atoms with Crippen molar-refractivity contribution in [3.63, 3.8) is 0 Å². The maximum Gasteiger partial charge on any atom is 0.326 e. The summed E-state index contributed by atoms with van der Waals surface area (Å²) in [4.78, 5) is 29.2. The van der Waals surface area contributed by atoms with E-state index in [9.17, 15) is 14.7 Å². The molecule has 0 radical (unpaired) electrons. The molecule has 1 unspecified atom stereocenters. The zero-order chi connectivity index (χ0) is 14.5. The zero-order valence-corrected chi connectivity index (χ0v) is 12.3. The number of urea groups is 1. The van der Waals surface area contributed by atoms with Crippen molar-refractivity contribution >= 4 is 12.0 Å². The summed E-state index contributed by atoms with van der Waals surface area (Å²) in [6.45, 7) is 4.34. The lowest BCUT2D eigenvalue weighted by Gasteiger charge is -2.36. The van der Waals surface area contributed by atoms with Gasteiger partial charge in [-0.2, -0.15) is 0 Å². The monoisotopic (exact) mass is 283 g/mol. The minimum atomic E-state index is -0.883. The molecule has 0 aliphatic carbocycles. The molecule has 6 heteroatoms. The second-order valence-electron chi connectivity index (χ2n) is 5.80. The fraction of sp³-hybridized carbons (Fsp3) is 0.857. The number of hydrogen-bond donors (Lipinski definition) is 1. The molecule has 2 rings (SSSR count). The standard InChI is InChI=1S/C14H25N3O3/c1-15(10-11-16-7-4-5-8-16)14(20)17-9-3-2-6-12(17)13(18)19/h12H,2-11H2,1H3,(H,18,19). The van der Waals surface area contributed by atoms with E-state index < -0.39 is 12.0 Å². The van der Waals surface area contributed by atoms with Crippen molar-refractivity contribution < 1.29 is 14.7 Å². The van der Waals surface area contributed by atoms with E-state index >= 15 is 0 Å². The predicted molar refractivity (Wildman–Crippen MR) is 75.7 cm³/mol. The van der Waals surface area contributed by atoms with Gasteiger partial charge in [-0.3, -0.25) is 0 Å². The van der Waals surface area contributed by atoms with Crippen molar-refractivity contribution in [3.05, 3.63) is 0 Å². The molecule has 0 aromatic heterocycles. The van der Waals surface area contributed by atoms with Crippen LogP contribution < -0.4 is 0 Å². The van der Waals surface area contributed by atoms with Crippen molar-refractivity contribution in [2.45, 2.75) is 38.1 Å². The summed E-state index contributed by atoms with van der Waals surface area (Å²) in [6.07, 6.45) is 4.84. The third-order valence-corrected chi connectivity index (χ3v) is 4.31. The van der Waals surface area contributed by atoms with Crippen LogP contribution in [0.2, 0.25) is 0 Å². The number of nitrogens with zero attached hydrogens (tertiary/aromatic N) is 3. The molecule has 2 amide bonds. The number of amides is 2. The second-order valence-corrected chi connectivity index (χ2v) is 5.80. The van der Waals surface area contributed by atoms with Crippen molar-refractivity contribution in [2.24, 2.45) is 0 Å². The summed E-state index contributed by atoms with van der Waals surface area (Å²) in [5.41, 5.74) is 0. The van der Waals surface area contributed by atoms with Gasteiger partial charge in [-0.05, 0) is 45.2 Å². The van der Waals surface area contributed by atoms with Crippen LogP contribution in [0, 0.1) is 0 Å². The van der Waals surface area contributed by atoms with E-state index in [1.165, 1.54) is 17.7 Å². The lowest BCUT2D eigenvalue weighted by molar-refractivity contribution is -0.143. The summed E-state index contributed by atoms with van der Waals surface area (Å²) < 4.78 is 0. The van der Waals surface area contributed by atoms with Gasteiger partial charge in [0.15, 0.2) is 0 Å². The van der Waals surface area contributed by atoms with Crippen molar-refractivity contribution in [3.8, 4) is 0 Å². The number of rotatable bonds is 4. The average Bonchev–Trinajstić information content (AvgIpc) is 2.97. The maximum absolute atomic E-state index is 12.4. The molecular weight excluding hydrogens is 258 g/mol. The molecule has 0 bridgehead atoms. The highest BCUT2D eigenvalue weighted by molar-refractivity contribution is 5.82. The van der Waals surface area contributed by atoms with Crippen molar-refractivity contribution in [1.29, 1.82) is 0 Å². The van der Waals surface area contributed by atoms with Gasteiger partial charge >= 0.3 is 12.0 Å². The molecule has 1 N–H and O–H groups in total. The highest BCUT2D eigenvalue weighted by atomic mass is 16.4. The number of aliphatic carboxylic acids is 1. The first-order chi connectivity index (χ1) is 9.59. The largest absolute Gasteiger partial charge is 0.480 e. The Hall–Kier alpha value is -1.30. The van der Waals surface area contributed by atoms with Crippen LogP contribution in [0.25, 0.3) is 0 Å². The fourth-order valence-electron chi connectivity index (χ4n) is 3.03. The number of carbonyl (C=O) groups excluding carboxylic acids is 1. The van der Waals surface area contributed by atoms with Gasteiger partial charge in [0.25, 0.3) is 0 Å². The van der Waals surface area contributed by atoms with Crippen LogP contribution in [0.3, 0.4) is 0 Å². The summed E-state index contributed by atoms with van der Waals surface area (Å²) in [6, 6.07) is -0.790. The third kappa shape index (κ3) is 3.62. The molecule has 2 fully saturated rings. The molecule has 114 valence electrons. The van der Waals surface area contributed by atoms with E-state index in [0.29, 0.717) is 19.5 Å². The van der Waals surface area contributed by atoms with E-state index in [4.69, 9.17) is 0 Å². The van der Waals surface area contributed by atoms with Crippen molar-refractivity contribution in [1.82, 2.24) is 14.7 Å². The highest BCUT2D eigenvalue weighted by Gasteiger charge is 2.33. The maximum atomic E-state index is 12.4. The summed E-state index contributed by atoms with van der Waals surface area (Å²) in [7, 11) is 1.77. The quantitative estimate of drug-likeness (QED) is 0.838. The first kappa shape index (κ1) is 15.1. The summed E-state index contributed by atoms with van der Waals surface area (Å²) in [5.74, 6) is -0.883. The fourth-order valence-corrected chi connectivity index (χ4v) is 3.03. The summed E-state index contributed by atoms with van der Waals surface area (Å²) >= 11 is 0. The number of piperidine rings is 1. The van der Waals surface area contributed by atoms with Gasteiger partial charge in [-0.1, -0.05) is 0 Å². The molecule has 1 atom stereocenters. The number of carboxylic acids is 1. The number of carboxylic acid groups (broad SMARTS) is 1. The van der Waals surface area contributed by atoms with Gasteiger partial charge in [0, 0.05) is 26.7 Å². The number of likely N-dealkylation sites (N-methyl/N-ethyl adjacent to an activating group) is 1. The minimum absolute atomic E-state index is 0.142. The Morgan fingerprint density at radius 2 is 1.80 bits per heavy atom. The first-order valence-corrected chi connectivity index (χ1v) is 7.56. The molecule has 2 aliphatic rings. The molecule has 0 aromatic rings. The van der Waals surface area contributed by atoms with Crippen LogP contribution in [0.1, 0.15) is 32.1 Å². The van der Waals surface area contributed by atoms with Crippen LogP contribution >= 0.6 is 0 Å². The van der Waals surface area contributed by atoms with Gasteiger partial charge in [0.05, 0.1) is 0 Å². The molecule has 6 nitrogen and oxygen atoms in total. The van der Waals surface area contributed by atoms with Crippen LogP contribution in [0.15, 0.2) is 0 Å². The summed E-state index contributed by atoms with van der Waals surface area (Å²) in [5, 5.41) is 9.22. The van der Waals surface area contributed by atoms with Crippen LogP contribution in [-0.2, 0) is 4.79 Å². The van der Waals surface area contributed by atoms with Crippen LogP contribution in [-0.4, -0.2) is 77.6 Å². The second kappa shape index (κ2) is 6.92. The Kier molecular flexibility index (Phi) is 5.23. The molecule has 0 saturated carbocycles. The molecule has 20 heavy (non-hydrogen) atoms. The normalized spacial score (nSPS) is 23.9. The SMILES string of the molecule is CN(CCN1CCCC1)C(=O)N1CCCCC1C(=O)O. The van der Waals surface area contributed by atoms with Gasteiger partial charge in [-0.15, -0.1) is 0 Å². The van der Waals surface area contributed by atoms with Gasteiger partial charge in [-0.25, -0.2) is 9.59 Å². The van der Waals surface area contributed by atoms with Gasteiger partial charge < -0.3 is 19.8 Å². The van der Waals surface area contributed by atoms with Gasteiger partial charge in [0.2, 0.25) is 0 Å². The first-order valence-electron chi connectivity index (χ1n) is 7.56. The molecule has 2 heterocycles. The Labute approximate surface area is 120 Å². The van der Waals surface area contributed by atoms with Crippen LogP contribution in [0.5, 0.6) is 0 Å². The lowest BCUT2D eigenvalue weighted by Crippen LogP contribution is -2.53. The molecule has 0 spiro atoms. The van der Waals surface area contributed by atoms with E-state index in [1.807, 2.05) is 0 Å². The van der Waals surface area contributed by atoms with Gasteiger partial charge in [0.1, 0.15) is 6.04 Å². The molecule has 0 aromatic carbocycles. The Balaban J connectivity index is 1.85. The number of carbonyl (C=O) groups is 2. The Morgan fingerprint density at radius 1 is 1.15 bits per heavy atom. The number of likely N-dealkylation sites (tertiary alicyclic amines) is 2. The Bertz CT molecular complexity index is 356. The van der Waals surface area contributed by atoms with Crippen molar-refractivity contribution in [2.75, 3.05) is 39.8 Å². The number of hydrogen-bond acceptors (Lipinski definition) is 3. The zero-order valence-electron chi connectivity index (χ0n) is 12.3. The molecular formula is C14H25N3O3. The Morgan fingerprint density at radius 3 is 2.45 bits per heavy atom. The predicted octanol–water partition coefficient (Wildman–Crippen LogP) is 1.07. The third-order valence-electron chi connectivity index (χ3n) is 4.31. The van der Waals surface area contributed by atoms with E-state index in [1.54, 1.807) is 11.9 Å². The highest BCUT2D eigenvalue weighted by Crippen LogP contribution is 2.18. The smallest absolute Gasteiger partial charge is 0.326 e. The average molecular weight is 283 g/mol. The van der Waals surface area contributed by atoms with E-state index in [-0.39, 0.29) is 6.03 Å². The molecule has 2 aliphatic heterocycles. The van der Waals surface area contributed by atoms with E-state index in [0.717, 1.165) is 32.5 Å². The minimum Gasteiger partial charge on any atom is -0.480 e.